The number of phenolic OH excluding ortho intramolecular Hbond substituents is 2. The average Bonchev–Trinajstić information content (AvgIpc) is 3.00. The van der Waals surface area contributed by atoms with Crippen LogP contribution in [0.3, 0.4) is 0 Å². The zero-order valence-electron chi connectivity index (χ0n) is 12.5. The number of nitrogens with zero attached hydrogens (tertiary/aromatic N) is 1. The number of rotatable bonds is 1. The number of ether oxygens (including phenoxy) is 1. The summed E-state index contributed by atoms with van der Waals surface area (Å²) in [6, 6.07) is 14.7. The van der Waals surface area contributed by atoms with Gasteiger partial charge >= 0.3 is 0 Å². The molecular formula is C19H17NO3. The summed E-state index contributed by atoms with van der Waals surface area (Å²) < 4.78 is 6.22. The second-order valence-electron chi connectivity index (χ2n) is 6.42. The van der Waals surface area contributed by atoms with Gasteiger partial charge in [-0.15, -0.1) is 0 Å². The number of fused-ring (bicyclic) bond motifs is 3. The summed E-state index contributed by atoms with van der Waals surface area (Å²) >= 11 is 0. The molecule has 0 radical (unpaired) electrons. The Morgan fingerprint density at radius 2 is 1.74 bits per heavy atom. The van der Waals surface area contributed by atoms with Crippen LogP contribution in [0.1, 0.15) is 36.0 Å². The van der Waals surface area contributed by atoms with E-state index in [9.17, 15) is 15.5 Å². The molecule has 2 aromatic rings. The van der Waals surface area contributed by atoms with Crippen LogP contribution >= 0.6 is 0 Å². The Morgan fingerprint density at radius 3 is 2.48 bits per heavy atom. The molecule has 23 heavy (non-hydrogen) atoms. The highest BCUT2D eigenvalue weighted by Crippen LogP contribution is 2.55. The van der Waals surface area contributed by atoms with E-state index in [0.29, 0.717) is 0 Å². The third-order valence-corrected chi connectivity index (χ3v) is 5.05. The van der Waals surface area contributed by atoms with Crippen molar-refractivity contribution < 1.29 is 14.9 Å². The third kappa shape index (κ3) is 2.29. The van der Waals surface area contributed by atoms with Crippen molar-refractivity contribution in [3.63, 3.8) is 0 Å². The van der Waals surface area contributed by atoms with E-state index >= 15 is 0 Å². The zero-order valence-corrected chi connectivity index (χ0v) is 12.5. The molecular weight excluding hydrogens is 290 g/mol. The smallest absolute Gasteiger partial charge is 0.127 e. The Morgan fingerprint density at radius 1 is 1.00 bits per heavy atom. The molecule has 0 bridgehead atoms. The zero-order chi connectivity index (χ0) is 16.0. The molecule has 4 atom stereocenters. The number of hydrogen-bond donors (Lipinski definition) is 2. The van der Waals surface area contributed by atoms with Gasteiger partial charge in [-0.2, -0.15) is 5.26 Å². The van der Waals surface area contributed by atoms with Gasteiger partial charge in [0, 0.05) is 17.4 Å². The van der Waals surface area contributed by atoms with E-state index in [0.717, 1.165) is 29.7 Å². The van der Waals surface area contributed by atoms with E-state index in [4.69, 9.17) is 4.74 Å². The summed E-state index contributed by atoms with van der Waals surface area (Å²) in [4.78, 5) is 0. The summed E-state index contributed by atoms with van der Waals surface area (Å²) in [6.45, 7) is 0. The molecule has 4 heteroatoms. The van der Waals surface area contributed by atoms with Crippen LogP contribution in [-0.4, -0.2) is 10.2 Å². The predicted molar refractivity (Wildman–Crippen MR) is 84.2 cm³/mol. The largest absolute Gasteiger partial charge is 0.508 e. The van der Waals surface area contributed by atoms with Gasteiger partial charge in [0.15, 0.2) is 0 Å². The Kier molecular flexibility index (Phi) is 3.16. The number of aromatic hydroxyl groups is 2. The van der Waals surface area contributed by atoms with Crippen LogP contribution in [0.15, 0.2) is 42.5 Å². The number of nitriles is 1. The topological polar surface area (TPSA) is 73.5 Å². The van der Waals surface area contributed by atoms with Crippen molar-refractivity contribution in [2.24, 2.45) is 11.8 Å². The molecule has 116 valence electrons. The van der Waals surface area contributed by atoms with Gasteiger partial charge < -0.3 is 14.9 Å². The molecule has 1 fully saturated rings. The van der Waals surface area contributed by atoms with Gasteiger partial charge in [-0.25, -0.2) is 0 Å². The van der Waals surface area contributed by atoms with Crippen molar-refractivity contribution >= 4 is 0 Å². The maximum Gasteiger partial charge on any atom is 0.127 e. The SMILES string of the molecule is N#C[C@@H]1C[C@@H]2[C@H](C1)c1cc(O)ccc1O[C@@H]2c1ccc(O)cc1. The van der Waals surface area contributed by atoms with Crippen LogP contribution in [0.25, 0.3) is 0 Å². The first-order valence-electron chi connectivity index (χ1n) is 7.84. The molecule has 0 spiro atoms. The standard InChI is InChI=1S/C19H17NO3/c20-10-11-7-15-16-9-14(22)5-6-18(16)23-19(17(15)8-11)12-1-3-13(21)4-2-12/h1-6,9,11,15,17,19,21-22H,7-8H2/t11-,15+,17+,19+/m0/s1. The molecule has 1 aliphatic carbocycles. The van der Waals surface area contributed by atoms with Crippen LogP contribution in [0.2, 0.25) is 0 Å². The third-order valence-electron chi connectivity index (χ3n) is 5.05. The second kappa shape index (κ2) is 5.20. The minimum atomic E-state index is -0.129. The Bertz CT molecular complexity index is 778. The first-order valence-corrected chi connectivity index (χ1v) is 7.84. The molecule has 4 nitrogen and oxygen atoms in total. The second-order valence-corrected chi connectivity index (χ2v) is 6.42. The van der Waals surface area contributed by atoms with Crippen LogP contribution < -0.4 is 4.74 Å². The fourth-order valence-electron chi connectivity index (χ4n) is 4.00. The van der Waals surface area contributed by atoms with Crippen LogP contribution in [-0.2, 0) is 0 Å². The van der Waals surface area contributed by atoms with Gasteiger partial charge in [-0.05, 0) is 54.7 Å². The van der Waals surface area contributed by atoms with Gasteiger partial charge in [-0.3, -0.25) is 0 Å². The molecule has 4 rings (SSSR count). The number of benzene rings is 2. The molecule has 0 amide bonds. The molecule has 0 saturated heterocycles. The maximum atomic E-state index is 9.80. The van der Waals surface area contributed by atoms with Gasteiger partial charge in [-0.1, -0.05) is 12.1 Å². The van der Waals surface area contributed by atoms with Gasteiger partial charge in [0.1, 0.15) is 23.4 Å². The maximum absolute atomic E-state index is 9.80. The van der Waals surface area contributed by atoms with Gasteiger partial charge in [0.2, 0.25) is 0 Å². The van der Waals surface area contributed by atoms with Gasteiger partial charge in [0.05, 0.1) is 6.07 Å². The molecule has 1 saturated carbocycles. The summed E-state index contributed by atoms with van der Waals surface area (Å²) in [5, 5.41) is 28.6. The highest BCUT2D eigenvalue weighted by molar-refractivity contribution is 5.46. The lowest BCUT2D eigenvalue weighted by atomic mass is 9.80. The van der Waals surface area contributed by atoms with Crippen molar-refractivity contribution in [1.82, 2.24) is 0 Å². The lowest BCUT2D eigenvalue weighted by molar-refractivity contribution is 0.103. The normalized spacial score (nSPS) is 28.3. The Labute approximate surface area is 134 Å². The fourth-order valence-corrected chi connectivity index (χ4v) is 4.00. The first kappa shape index (κ1) is 14.0. The highest BCUT2D eigenvalue weighted by Gasteiger charge is 2.45. The van der Waals surface area contributed by atoms with E-state index in [1.807, 2.05) is 12.1 Å². The van der Waals surface area contributed by atoms with E-state index in [1.165, 1.54) is 0 Å². The van der Waals surface area contributed by atoms with Crippen molar-refractivity contribution in [2.45, 2.75) is 24.9 Å². The summed E-state index contributed by atoms with van der Waals surface area (Å²) in [6.07, 6.45) is 1.47. The Balaban J connectivity index is 1.78. The van der Waals surface area contributed by atoms with Crippen LogP contribution in [0, 0.1) is 23.2 Å². The fraction of sp³-hybridized carbons (Fsp3) is 0.316. The predicted octanol–water partition coefficient (Wildman–Crippen LogP) is 3.86. The van der Waals surface area contributed by atoms with Crippen molar-refractivity contribution in [1.29, 1.82) is 5.26 Å². The molecule has 2 aromatic carbocycles. The molecule has 2 aliphatic rings. The van der Waals surface area contributed by atoms with Crippen molar-refractivity contribution in [3.8, 4) is 23.3 Å². The number of hydrogen-bond acceptors (Lipinski definition) is 4. The molecule has 1 heterocycles. The summed E-state index contributed by atoms with van der Waals surface area (Å²) in [5.41, 5.74) is 2.01. The van der Waals surface area contributed by atoms with E-state index < -0.39 is 0 Å². The highest BCUT2D eigenvalue weighted by atomic mass is 16.5. The molecule has 0 unspecified atom stereocenters. The van der Waals surface area contributed by atoms with Crippen LogP contribution in [0.5, 0.6) is 17.2 Å². The summed E-state index contributed by atoms with van der Waals surface area (Å²) in [7, 11) is 0. The molecule has 2 N–H and O–H groups in total. The Hall–Kier alpha value is -2.67. The molecule has 1 aliphatic heterocycles. The quantitative estimate of drug-likeness (QED) is 0.839. The lowest BCUT2D eigenvalue weighted by Gasteiger charge is -2.36. The minimum Gasteiger partial charge on any atom is -0.508 e. The summed E-state index contributed by atoms with van der Waals surface area (Å²) in [5.74, 6) is 1.68. The van der Waals surface area contributed by atoms with E-state index in [2.05, 4.69) is 6.07 Å². The lowest BCUT2D eigenvalue weighted by Crippen LogP contribution is -2.26. The van der Waals surface area contributed by atoms with E-state index in [1.54, 1.807) is 30.3 Å². The van der Waals surface area contributed by atoms with E-state index in [-0.39, 0.29) is 35.4 Å². The van der Waals surface area contributed by atoms with Crippen molar-refractivity contribution in [2.75, 3.05) is 0 Å². The monoisotopic (exact) mass is 307 g/mol. The molecule has 0 aromatic heterocycles. The van der Waals surface area contributed by atoms with Gasteiger partial charge in [0.25, 0.3) is 0 Å². The first-order chi connectivity index (χ1) is 11.2. The average molecular weight is 307 g/mol. The minimum absolute atomic E-state index is 0.0153. The number of phenols is 2. The van der Waals surface area contributed by atoms with Crippen molar-refractivity contribution in [3.05, 3.63) is 53.6 Å². The van der Waals surface area contributed by atoms with Crippen LogP contribution in [0.4, 0.5) is 0 Å².